The molecule has 0 bridgehead atoms. The Labute approximate surface area is 113 Å². The normalized spacial score (nSPS) is 15.1. The molecule has 0 amide bonds. The number of hydrogen-bond donors (Lipinski definition) is 1. The minimum Gasteiger partial charge on any atom is -0.330 e. The molecule has 0 aliphatic heterocycles. The first-order valence-electron chi connectivity index (χ1n) is 6.87. The number of imidazole rings is 1. The van der Waals surface area contributed by atoms with Crippen molar-refractivity contribution >= 4 is 0 Å². The molecular formula is C14H21N5. The molecule has 102 valence electrons. The molecule has 5 heteroatoms. The number of aromatic nitrogens is 4. The van der Waals surface area contributed by atoms with E-state index in [1.54, 1.807) is 0 Å². The molecular weight excluding hydrogens is 238 g/mol. The first kappa shape index (κ1) is 12.4. The summed E-state index contributed by atoms with van der Waals surface area (Å²) in [7, 11) is 1.99. The van der Waals surface area contributed by atoms with Crippen molar-refractivity contribution in [3.63, 3.8) is 0 Å². The lowest BCUT2D eigenvalue weighted by Crippen LogP contribution is -2.16. The molecule has 1 aliphatic rings. The Bertz CT molecular complexity index is 577. The lowest BCUT2D eigenvalue weighted by molar-refractivity contribution is 0.618. The average Bonchev–Trinajstić information content (AvgIpc) is 3.07. The van der Waals surface area contributed by atoms with Crippen LogP contribution in [-0.4, -0.2) is 19.3 Å². The average molecular weight is 259 g/mol. The third kappa shape index (κ3) is 2.42. The molecule has 0 aromatic carbocycles. The van der Waals surface area contributed by atoms with E-state index < -0.39 is 0 Å². The van der Waals surface area contributed by atoms with Crippen molar-refractivity contribution in [2.45, 2.75) is 45.8 Å². The summed E-state index contributed by atoms with van der Waals surface area (Å²) in [6, 6.07) is 0.696. The fourth-order valence-corrected chi connectivity index (χ4v) is 2.54. The number of nitrogens with one attached hydrogen (secondary N) is 1. The Morgan fingerprint density at radius 2 is 2.11 bits per heavy atom. The molecule has 0 radical (unpaired) electrons. The maximum atomic E-state index is 4.44. The molecule has 2 aromatic heterocycles. The van der Waals surface area contributed by atoms with Gasteiger partial charge in [0.15, 0.2) is 0 Å². The van der Waals surface area contributed by atoms with Gasteiger partial charge in [0, 0.05) is 43.6 Å². The van der Waals surface area contributed by atoms with Gasteiger partial charge in [-0.15, -0.1) is 0 Å². The Morgan fingerprint density at radius 1 is 1.32 bits per heavy atom. The number of nitrogens with zero attached hydrogens (tertiary/aromatic N) is 4. The van der Waals surface area contributed by atoms with Crippen LogP contribution in [0, 0.1) is 13.8 Å². The van der Waals surface area contributed by atoms with Crippen LogP contribution in [0.2, 0.25) is 0 Å². The van der Waals surface area contributed by atoms with Crippen LogP contribution in [0.5, 0.6) is 0 Å². The van der Waals surface area contributed by atoms with Gasteiger partial charge in [0.1, 0.15) is 0 Å². The fraction of sp³-hybridized carbons (Fsp3) is 0.571. The summed E-state index contributed by atoms with van der Waals surface area (Å²) in [6.07, 6.45) is 6.51. The molecule has 3 rings (SSSR count). The molecule has 2 heterocycles. The Hall–Kier alpha value is -1.62. The van der Waals surface area contributed by atoms with Gasteiger partial charge >= 0.3 is 0 Å². The minimum absolute atomic E-state index is 0.696. The molecule has 1 N–H and O–H groups in total. The standard InChI is InChI=1S/C14H21N5/c1-10-14(11(2)18(3)17-10)8-15-6-13-7-16-9-19(13)12-4-5-12/h7,9,12,15H,4-6,8H2,1-3H3. The van der Waals surface area contributed by atoms with Crippen LogP contribution >= 0.6 is 0 Å². The van der Waals surface area contributed by atoms with Gasteiger partial charge in [-0.05, 0) is 26.7 Å². The summed E-state index contributed by atoms with van der Waals surface area (Å²) in [4.78, 5) is 4.25. The van der Waals surface area contributed by atoms with Gasteiger partial charge in [-0.2, -0.15) is 5.10 Å². The quantitative estimate of drug-likeness (QED) is 0.891. The summed E-state index contributed by atoms with van der Waals surface area (Å²) in [5, 5.41) is 7.95. The smallest absolute Gasteiger partial charge is 0.0951 e. The summed E-state index contributed by atoms with van der Waals surface area (Å²) >= 11 is 0. The van der Waals surface area contributed by atoms with Gasteiger partial charge in [-0.25, -0.2) is 4.98 Å². The van der Waals surface area contributed by atoms with Gasteiger partial charge in [0.25, 0.3) is 0 Å². The van der Waals surface area contributed by atoms with Crippen molar-refractivity contribution in [3.05, 3.63) is 35.2 Å². The Balaban J connectivity index is 1.62. The zero-order valence-electron chi connectivity index (χ0n) is 11.8. The molecule has 5 nitrogen and oxygen atoms in total. The highest BCUT2D eigenvalue weighted by molar-refractivity contribution is 5.24. The second-order valence-corrected chi connectivity index (χ2v) is 5.40. The van der Waals surface area contributed by atoms with E-state index in [1.165, 1.54) is 29.8 Å². The summed E-state index contributed by atoms with van der Waals surface area (Å²) in [6.45, 7) is 5.91. The predicted molar refractivity (Wildman–Crippen MR) is 73.7 cm³/mol. The molecule has 0 atom stereocenters. The van der Waals surface area contributed by atoms with Crippen molar-refractivity contribution in [3.8, 4) is 0 Å². The zero-order chi connectivity index (χ0) is 13.4. The lowest BCUT2D eigenvalue weighted by atomic mass is 10.2. The van der Waals surface area contributed by atoms with Crippen LogP contribution in [-0.2, 0) is 20.1 Å². The van der Waals surface area contributed by atoms with Gasteiger partial charge in [0.05, 0.1) is 17.7 Å². The number of aryl methyl sites for hydroxylation is 2. The third-order valence-electron chi connectivity index (χ3n) is 3.95. The highest BCUT2D eigenvalue weighted by Gasteiger charge is 2.24. The van der Waals surface area contributed by atoms with Crippen molar-refractivity contribution in [2.24, 2.45) is 7.05 Å². The van der Waals surface area contributed by atoms with Crippen molar-refractivity contribution < 1.29 is 0 Å². The molecule has 2 aromatic rings. The topological polar surface area (TPSA) is 47.7 Å². The first-order valence-corrected chi connectivity index (χ1v) is 6.87. The van der Waals surface area contributed by atoms with Gasteiger partial charge in [0.2, 0.25) is 0 Å². The van der Waals surface area contributed by atoms with Gasteiger partial charge in [-0.3, -0.25) is 4.68 Å². The van der Waals surface area contributed by atoms with Crippen molar-refractivity contribution in [2.75, 3.05) is 0 Å². The van der Waals surface area contributed by atoms with Crippen molar-refractivity contribution in [1.82, 2.24) is 24.6 Å². The SMILES string of the molecule is Cc1nn(C)c(C)c1CNCc1cncn1C1CC1. The van der Waals surface area contributed by atoms with Gasteiger partial charge < -0.3 is 9.88 Å². The maximum absolute atomic E-state index is 4.44. The largest absolute Gasteiger partial charge is 0.330 e. The van der Waals surface area contributed by atoms with Crippen molar-refractivity contribution in [1.29, 1.82) is 0 Å². The summed E-state index contributed by atoms with van der Waals surface area (Å²) in [5.74, 6) is 0. The maximum Gasteiger partial charge on any atom is 0.0951 e. The first-order chi connectivity index (χ1) is 9.16. The highest BCUT2D eigenvalue weighted by atomic mass is 15.3. The molecule has 0 saturated heterocycles. The van der Waals surface area contributed by atoms with E-state index in [2.05, 4.69) is 33.8 Å². The molecule has 0 unspecified atom stereocenters. The molecule has 19 heavy (non-hydrogen) atoms. The van der Waals surface area contributed by atoms with Crippen LogP contribution in [0.25, 0.3) is 0 Å². The minimum atomic E-state index is 0.696. The second-order valence-electron chi connectivity index (χ2n) is 5.40. The van der Waals surface area contributed by atoms with E-state index in [4.69, 9.17) is 0 Å². The second kappa shape index (κ2) is 4.81. The van der Waals surface area contributed by atoms with E-state index >= 15 is 0 Å². The van der Waals surface area contributed by atoms with Crippen LogP contribution in [0.1, 0.15) is 41.5 Å². The molecule has 1 saturated carbocycles. The van der Waals surface area contributed by atoms with E-state index in [-0.39, 0.29) is 0 Å². The van der Waals surface area contributed by atoms with Gasteiger partial charge in [-0.1, -0.05) is 0 Å². The third-order valence-corrected chi connectivity index (χ3v) is 3.95. The van der Waals surface area contributed by atoms with E-state index in [0.29, 0.717) is 6.04 Å². The number of hydrogen-bond acceptors (Lipinski definition) is 3. The summed E-state index contributed by atoms with van der Waals surface area (Å²) < 4.78 is 4.25. The van der Waals surface area contributed by atoms with E-state index in [1.807, 2.05) is 24.3 Å². The Morgan fingerprint density at radius 3 is 2.74 bits per heavy atom. The molecule has 1 aliphatic carbocycles. The monoisotopic (exact) mass is 259 g/mol. The predicted octanol–water partition coefficient (Wildman–Crippen LogP) is 1.86. The fourth-order valence-electron chi connectivity index (χ4n) is 2.54. The van der Waals surface area contributed by atoms with Crippen LogP contribution in [0.4, 0.5) is 0 Å². The van der Waals surface area contributed by atoms with E-state index in [9.17, 15) is 0 Å². The van der Waals surface area contributed by atoms with Crippen LogP contribution in [0.3, 0.4) is 0 Å². The highest BCUT2D eigenvalue weighted by Crippen LogP contribution is 2.35. The molecule has 0 spiro atoms. The molecule has 1 fully saturated rings. The lowest BCUT2D eigenvalue weighted by Gasteiger charge is -2.08. The summed E-state index contributed by atoms with van der Waals surface area (Å²) in [5.41, 5.74) is 4.94. The van der Waals surface area contributed by atoms with Crippen LogP contribution < -0.4 is 5.32 Å². The Kier molecular flexibility index (Phi) is 3.14. The number of rotatable bonds is 5. The van der Waals surface area contributed by atoms with E-state index in [0.717, 1.165) is 18.8 Å². The van der Waals surface area contributed by atoms with Crippen LogP contribution in [0.15, 0.2) is 12.5 Å². The zero-order valence-corrected chi connectivity index (χ0v) is 11.8.